The van der Waals surface area contributed by atoms with Crippen LogP contribution in [0.1, 0.15) is 33.9 Å². The fourth-order valence-corrected chi connectivity index (χ4v) is 3.30. The third kappa shape index (κ3) is 5.52. The van der Waals surface area contributed by atoms with Gasteiger partial charge in [0.15, 0.2) is 0 Å². The lowest BCUT2D eigenvalue weighted by Gasteiger charge is -2.09. The average Bonchev–Trinajstić information content (AvgIpc) is 3.30. The molecule has 0 bridgehead atoms. The van der Waals surface area contributed by atoms with Gasteiger partial charge in [0.05, 0.1) is 24.8 Å². The molecule has 1 aliphatic rings. The highest BCUT2D eigenvalue weighted by Crippen LogP contribution is 2.11. The standard InChI is InChI=1S/C17H20N4O2S.ClH/c22-16(12-5-2-1-3-6-12)20-10-15-21-13(11-24-15)9-19-17(23)14-7-4-8-18-14;/h1-3,5-6,11,14,18H,4,7-10H2,(H,19,23)(H,20,22);1H. The molecule has 3 N–H and O–H groups in total. The molecule has 3 rings (SSSR count). The lowest BCUT2D eigenvalue weighted by atomic mass is 10.2. The zero-order chi connectivity index (χ0) is 16.8. The molecule has 0 radical (unpaired) electrons. The van der Waals surface area contributed by atoms with Gasteiger partial charge in [-0.25, -0.2) is 4.98 Å². The molecule has 1 aromatic heterocycles. The van der Waals surface area contributed by atoms with E-state index in [1.165, 1.54) is 11.3 Å². The van der Waals surface area contributed by atoms with E-state index in [9.17, 15) is 9.59 Å². The lowest BCUT2D eigenvalue weighted by Crippen LogP contribution is -2.40. The third-order valence-electron chi connectivity index (χ3n) is 3.86. The summed E-state index contributed by atoms with van der Waals surface area (Å²) < 4.78 is 0. The quantitative estimate of drug-likeness (QED) is 0.714. The molecule has 1 aliphatic heterocycles. The monoisotopic (exact) mass is 380 g/mol. The van der Waals surface area contributed by atoms with Crippen molar-refractivity contribution in [1.29, 1.82) is 0 Å². The van der Waals surface area contributed by atoms with Crippen molar-refractivity contribution in [2.75, 3.05) is 6.54 Å². The van der Waals surface area contributed by atoms with Gasteiger partial charge in [0.1, 0.15) is 5.01 Å². The number of carbonyl (C=O) groups is 2. The Labute approximate surface area is 156 Å². The van der Waals surface area contributed by atoms with Crippen LogP contribution in [-0.4, -0.2) is 29.4 Å². The van der Waals surface area contributed by atoms with Gasteiger partial charge in [-0.3, -0.25) is 9.59 Å². The number of rotatable bonds is 6. The predicted octanol–water partition coefficient (Wildman–Crippen LogP) is 1.86. The molecule has 0 saturated carbocycles. The van der Waals surface area contributed by atoms with Crippen molar-refractivity contribution in [1.82, 2.24) is 20.9 Å². The van der Waals surface area contributed by atoms with Gasteiger partial charge in [-0.15, -0.1) is 23.7 Å². The molecule has 2 amide bonds. The van der Waals surface area contributed by atoms with Crippen molar-refractivity contribution in [3.63, 3.8) is 0 Å². The number of amides is 2. The maximum absolute atomic E-state index is 12.0. The van der Waals surface area contributed by atoms with Gasteiger partial charge in [-0.05, 0) is 31.5 Å². The predicted molar refractivity (Wildman–Crippen MR) is 99.8 cm³/mol. The van der Waals surface area contributed by atoms with Gasteiger partial charge in [0.2, 0.25) is 5.91 Å². The fourth-order valence-electron chi connectivity index (χ4n) is 2.57. The Morgan fingerprint density at radius 2 is 2.00 bits per heavy atom. The normalized spacial score (nSPS) is 16.1. The van der Waals surface area contributed by atoms with Crippen LogP contribution in [0.3, 0.4) is 0 Å². The summed E-state index contributed by atoms with van der Waals surface area (Å²) in [6, 6.07) is 9.01. The summed E-state index contributed by atoms with van der Waals surface area (Å²) in [5.41, 5.74) is 1.45. The molecule has 6 nitrogen and oxygen atoms in total. The number of hydrogen-bond donors (Lipinski definition) is 3. The number of nitrogens with zero attached hydrogens (tertiary/aromatic N) is 1. The highest BCUT2D eigenvalue weighted by Gasteiger charge is 2.21. The molecular weight excluding hydrogens is 360 g/mol. The first-order chi connectivity index (χ1) is 11.7. The summed E-state index contributed by atoms with van der Waals surface area (Å²) in [6.45, 7) is 1.71. The molecular formula is C17H21ClN4O2S. The summed E-state index contributed by atoms with van der Waals surface area (Å²) in [6.07, 6.45) is 1.93. The smallest absolute Gasteiger partial charge is 0.251 e. The van der Waals surface area contributed by atoms with E-state index in [1.807, 2.05) is 23.6 Å². The highest BCUT2D eigenvalue weighted by atomic mass is 35.5. The zero-order valence-corrected chi connectivity index (χ0v) is 15.3. The number of aromatic nitrogens is 1. The number of carbonyl (C=O) groups excluding carboxylic acids is 2. The number of halogens is 1. The van der Waals surface area contributed by atoms with Crippen LogP contribution in [0.15, 0.2) is 35.7 Å². The van der Waals surface area contributed by atoms with E-state index < -0.39 is 0 Å². The van der Waals surface area contributed by atoms with Gasteiger partial charge >= 0.3 is 0 Å². The van der Waals surface area contributed by atoms with Crippen LogP contribution in [0.5, 0.6) is 0 Å². The minimum absolute atomic E-state index is 0. The third-order valence-corrected chi connectivity index (χ3v) is 4.75. The van der Waals surface area contributed by atoms with E-state index in [1.54, 1.807) is 12.1 Å². The molecule has 2 aromatic rings. The van der Waals surface area contributed by atoms with Gasteiger partial charge in [0, 0.05) is 10.9 Å². The number of nitrogens with one attached hydrogen (secondary N) is 3. The topological polar surface area (TPSA) is 83.1 Å². The van der Waals surface area contributed by atoms with Crippen molar-refractivity contribution < 1.29 is 9.59 Å². The van der Waals surface area contributed by atoms with Crippen molar-refractivity contribution in [2.45, 2.75) is 32.0 Å². The Morgan fingerprint density at radius 1 is 1.20 bits per heavy atom. The lowest BCUT2D eigenvalue weighted by molar-refractivity contribution is -0.122. The number of benzene rings is 1. The van der Waals surface area contributed by atoms with Crippen LogP contribution < -0.4 is 16.0 Å². The van der Waals surface area contributed by atoms with Crippen LogP contribution >= 0.6 is 23.7 Å². The van der Waals surface area contributed by atoms with Gasteiger partial charge in [-0.2, -0.15) is 0 Å². The summed E-state index contributed by atoms with van der Waals surface area (Å²) in [7, 11) is 0. The number of thiazole rings is 1. The fraction of sp³-hybridized carbons (Fsp3) is 0.353. The molecule has 1 saturated heterocycles. The summed E-state index contributed by atoms with van der Waals surface area (Å²) in [5.74, 6) is -0.0904. The summed E-state index contributed by atoms with van der Waals surface area (Å²) in [4.78, 5) is 28.4. The molecule has 1 atom stereocenters. The van der Waals surface area contributed by atoms with E-state index in [0.29, 0.717) is 18.7 Å². The van der Waals surface area contributed by atoms with E-state index in [4.69, 9.17) is 0 Å². The van der Waals surface area contributed by atoms with Crippen LogP contribution in [0.2, 0.25) is 0 Å². The molecule has 2 heterocycles. The van der Waals surface area contributed by atoms with Crippen LogP contribution in [-0.2, 0) is 17.9 Å². The van der Waals surface area contributed by atoms with Gasteiger partial charge < -0.3 is 16.0 Å². The SMILES string of the molecule is Cl.O=C(NCc1nc(CNC(=O)C2CCCN2)cs1)c1ccccc1. The molecule has 1 fully saturated rings. The maximum atomic E-state index is 12.0. The minimum Gasteiger partial charge on any atom is -0.349 e. The van der Waals surface area contributed by atoms with Crippen molar-refractivity contribution in [3.05, 3.63) is 52.0 Å². The van der Waals surface area contributed by atoms with Crippen LogP contribution in [0.25, 0.3) is 0 Å². The first-order valence-electron chi connectivity index (χ1n) is 8.00. The molecule has 134 valence electrons. The molecule has 1 aromatic carbocycles. The summed E-state index contributed by atoms with van der Waals surface area (Å²) >= 11 is 1.48. The Balaban J connectivity index is 0.00000225. The Hall–Kier alpha value is -1.96. The Kier molecular flexibility index (Phi) is 7.36. The Bertz CT molecular complexity index is 702. The van der Waals surface area contributed by atoms with Crippen molar-refractivity contribution in [2.24, 2.45) is 0 Å². The van der Waals surface area contributed by atoms with Gasteiger partial charge in [0.25, 0.3) is 5.91 Å². The summed E-state index contributed by atoms with van der Waals surface area (Å²) in [5, 5.41) is 11.6. The van der Waals surface area contributed by atoms with E-state index in [-0.39, 0.29) is 30.3 Å². The second-order valence-corrected chi connectivity index (χ2v) is 6.59. The minimum atomic E-state index is -0.118. The highest BCUT2D eigenvalue weighted by molar-refractivity contribution is 7.09. The first kappa shape index (κ1) is 19.4. The molecule has 0 aliphatic carbocycles. The second kappa shape index (κ2) is 9.50. The molecule has 1 unspecified atom stereocenters. The van der Waals surface area contributed by atoms with Crippen molar-refractivity contribution in [3.8, 4) is 0 Å². The Morgan fingerprint density at radius 3 is 2.72 bits per heavy atom. The zero-order valence-electron chi connectivity index (χ0n) is 13.7. The number of hydrogen-bond acceptors (Lipinski definition) is 5. The van der Waals surface area contributed by atoms with E-state index >= 15 is 0 Å². The maximum Gasteiger partial charge on any atom is 0.251 e. The van der Waals surface area contributed by atoms with Gasteiger partial charge in [-0.1, -0.05) is 18.2 Å². The van der Waals surface area contributed by atoms with Crippen LogP contribution in [0.4, 0.5) is 0 Å². The molecule has 0 spiro atoms. The second-order valence-electron chi connectivity index (χ2n) is 5.65. The first-order valence-corrected chi connectivity index (χ1v) is 8.88. The van der Waals surface area contributed by atoms with Crippen molar-refractivity contribution >= 4 is 35.6 Å². The van der Waals surface area contributed by atoms with E-state index in [0.717, 1.165) is 30.1 Å². The van der Waals surface area contributed by atoms with E-state index in [2.05, 4.69) is 20.9 Å². The average molecular weight is 381 g/mol. The molecule has 25 heavy (non-hydrogen) atoms. The largest absolute Gasteiger partial charge is 0.349 e. The van der Waals surface area contributed by atoms with Crippen LogP contribution in [0, 0.1) is 0 Å². The molecule has 8 heteroatoms.